The predicted octanol–water partition coefficient (Wildman–Crippen LogP) is 4.08. The van der Waals surface area contributed by atoms with Crippen LogP contribution >= 0.6 is 23.2 Å². The Morgan fingerprint density at radius 3 is 2.71 bits per heavy atom. The van der Waals surface area contributed by atoms with Gasteiger partial charge in [0.1, 0.15) is 11.5 Å². The molecule has 3 aromatic rings. The summed E-state index contributed by atoms with van der Waals surface area (Å²) in [6, 6.07) is 8.10. The number of aromatic nitrogens is 3. The largest absolute Gasteiger partial charge is 0.360 e. The molecule has 0 spiro atoms. The summed E-state index contributed by atoms with van der Waals surface area (Å²) in [5.41, 5.74) is 0.822. The van der Waals surface area contributed by atoms with Crippen LogP contribution in [0.4, 0.5) is 17.5 Å². The summed E-state index contributed by atoms with van der Waals surface area (Å²) in [5.74, 6) is 0.727. The van der Waals surface area contributed by atoms with E-state index < -0.39 is 5.91 Å². The summed E-state index contributed by atoms with van der Waals surface area (Å²) in [7, 11) is 0. The van der Waals surface area contributed by atoms with Gasteiger partial charge in [0.05, 0.1) is 10.0 Å². The number of carbonyl (C=O) groups excluding carboxylic acids is 1. The van der Waals surface area contributed by atoms with Crippen LogP contribution in [0.3, 0.4) is 0 Å². The fourth-order valence-electron chi connectivity index (χ4n) is 1.85. The van der Waals surface area contributed by atoms with Crippen LogP contribution in [0.25, 0.3) is 0 Å². The Labute approximate surface area is 147 Å². The van der Waals surface area contributed by atoms with Gasteiger partial charge in [-0.25, -0.2) is 9.97 Å². The maximum Gasteiger partial charge on any atom is 0.275 e. The highest BCUT2D eigenvalue weighted by atomic mass is 35.5. The Balaban J connectivity index is 1.75. The maximum atomic E-state index is 12.2. The predicted molar refractivity (Wildman–Crippen MR) is 91.0 cm³/mol. The summed E-state index contributed by atoms with van der Waals surface area (Å²) in [6.45, 7) is 1.73. The molecule has 0 fully saturated rings. The Morgan fingerprint density at radius 1 is 1.17 bits per heavy atom. The van der Waals surface area contributed by atoms with Crippen molar-refractivity contribution in [2.24, 2.45) is 0 Å². The summed E-state index contributed by atoms with van der Waals surface area (Å²) < 4.78 is 4.89. The second-order valence-corrected chi connectivity index (χ2v) is 5.61. The van der Waals surface area contributed by atoms with Crippen molar-refractivity contribution in [3.8, 4) is 0 Å². The number of halogens is 2. The molecule has 0 radical (unpaired) electrons. The van der Waals surface area contributed by atoms with E-state index in [1.54, 1.807) is 31.2 Å². The van der Waals surface area contributed by atoms with Crippen LogP contribution in [0.5, 0.6) is 0 Å². The average Bonchev–Trinajstić information content (AvgIpc) is 2.96. The zero-order valence-electron chi connectivity index (χ0n) is 12.4. The molecule has 9 heteroatoms. The molecule has 0 aliphatic heterocycles. The molecule has 122 valence electrons. The first kappa shape index (κ1) is 16.2. The number of hydrogen-bond donors (Lipinski definition) is 2. The zero-order chi connectivity index (χ0) is 17.1. The minimum absolute atomic E-state index is 0.174. The molecule has 24 heavy (non-hydrogen) atoms. The number of aryl methyl sites for hydroxylation is 1. The number of hydrogen-bond acceptors (Lipinski definition) is 6. The van der Waals surface area contributed by atoms with Crippen molar-refractivity contribution in [1.29, 1.82) is 0 Å². The van der Waals surface area contributed by atoms with E-state index in [-0.39, 0.29) is 11.6 Å². The molecule has 1 amide bonds. The highest BCUT2D eigenvalue weighted by molar-refractivity contribution is 6.42. The molecule has 0 atom stereocenters. The molecule has 0 unspecified atom stereocenters. The molecular formula is C15H11Cl2N5O2. The monoisotopic (exact) mass is 363 g/mol. The lowest BCUT2D eigenvalue weighted by Gasteiger charge is -2.07. The van der Waals surface area contributed by atoms with Crippen LogP contribution in [0.2, 0.25) is 10.0 Å². The smallest absolute Gasteiger partial charge is 0.275 e. The molecule has 0 aliphatic carbocycles. The zero-order valence-corrected chi connectivity index (χ0v) is 13.9. The van der Waals surface area contributed by atoms with E-state index >= 15 is 0 Å². The van der Waals surface area contributed by atoms with Crippen molar-refractivity contribution >= 4 is 46.6 Å². The summed E-state index contributed by atoms with van der Waals surface area (Å²) in [5, 5.41) is 10.1. The van der Waals surface area contributed by atoms with Gasteiger partial charge in [0.15, 0.2) is 5.82 Å². The van der Waals surface area contributed by atoms with Crippen LogP contribution < -0.4 is 10.6 Å². The molecular weight excluding hydrogens is 353 g/mol. The lowest BCUT2D eigenvalue weighted by atomic mass is 10.3. The molecule has 2 aromatic heterocycles. The molecule has 1 aromatic carbocycles. The summed E-state index contributed by atoms with van der Waals surface area (Å²) in [4.78, 5) is 20.4. The first-order valence-electron chi connectivity index (χ1n) is 6.81. The fourth-order valence-corrected chi connectivity index (χ4v) is 2.15. The van der Waals surface area contributed by atoms with Gasteiger partial charge in [-0.2, -0.15) is 0 Å². The van der Waals surface area contributed by atoms with Crippen molar-refractivity contribution in [3.63, 3.8) is 0 Å². The second kappa shape index (κ2) is 6.86. The lowest BCUT2D eigenvalue weighted by molar-refractivity contribution is 0.102. The van der Waals surface area contributed by atoms with Crippen molar-refractivity contribution in [2.75, 3.05) is 10.6 Å². The van der Waals surface area contributed by atoms with E-state index in [1.807, 2.05) is 0 Å². The maximum absolute atomic E-state index is 12.2. The van der Waals surface area contributed by atoms with E-state index in [1.165, 1.54) is 12.3 Å². The molecule has 2 heterocycles. The third-order valence-electron chi connectivity index (χ3n) is 2.93. The number of rotatable bonds is 4. The normalized spacial score (nSPS) is 10.5. The van der Waals surface area contributed by atoms with Gasteiger partial charge in [-0.1, -0.05) is 28.4 Å². The first-order chi connectivity index (χ1) is 11.5. The second-order valence-electron chi connectivity index (χ2n) is 4.80. The van der Waals surface area contributed by atoms with E-state index in [0.717, 1.165) is 0 Å². The molecule has 3 rings (SSSR count). The highest BCUT2D eigenvalue weighted by Gasteiger charge is 2.12. The van der Waals surface area contributed by atoms with Crippen LogP contribution in [0.1, 0.15) is 16.2 Å². The van der Waals surface area contributed by atoms with Crippen LogP contribution in [-0.4, -0.2) is 21.0 Å². The van der Waals surface area contributed by atoms with Gasteiger partial charge in [0, 0.05) is 18.0 Å². The Kier molecular flexibility index (Phi) is 4.64. The van der Waals surface area contributed by atoms with E-state index in [4.69, 9.17) is 27.7 Å². The fraction of sp³-hybridized carbons (Fsp3) is 0.0667. The average molecular weight is 364 g/mol. The van der Waals surface area contributed by atoms with Gasteiger partial charge < -0.3 is 15.2 Å². The van der Waals surface area contributed by atoms with Gasteiger partial charge in [0.25, 0.3) is 5.91 Å². The molecule has 0 saturated carbocycles. The number of amides is 1. The van der Waals surface area contributed by atoms with Crippen LogP contribution in [0.15, 0.2) is 41.1 Å². The van der Waals surface area contributed by atoms with Crippen molar-refractivity contribution in [1.82, 2.24) is 15.1 Å². The third-order valence-corrected chi connectivity index (χ3v) is 3.67. The van der Waals surface area contributed by atoms with Crippen LogP contribution in [-0.2, 0) is 0 Å². The van der Waals surface area contributed by atoms with Crippen molar-refractivity contribution < 1.29 is 9.32 Å². The van der Waals surface area contributed by atoms with Gasteiger partial charge in [-0.15, -0.1) is 0 Å². The molecule has 7 nitrogen and oxygen atoms in total. The van der Waals surface area contributed by atoms with Crippen LogP contribution in [0, 0.1) is 6.92 Å². The third kappa shape index (κ3) is 3.81. The van der Waals surface area contributed by atoms with Crippen molar-refractivity contribution in [3.05, 3.63) is 58.0 Å². The molecule has 0 aliphatic rings. The summed E-state index contributed by atoms with van der Waals surface area (Å²) in [6.07, 6.45) is 1.47. The number of anilines is 3. The minimum Gasteiger partial charge on any atom is -0.360 e. The molecule has 0 bridgehead atoms. The topological polar surface area (TPSA) is 92.9 Å². The highest BCUT2D eigenvalue weighted by Crippen LogP contribution is 2.26. The van der Waals surface area contributed by atoms with Gasteiger partial charge in [-0.3, -0.25) is 4.79 Å². The number of carbonyl (C=O) groups is 1. The van der Waals surface area contributed by atoms with E-state index in [2.05, 4.69) is 25.8 Å². The lowest BCUT2D eigenvalue weighted by Crippen LogP contribution is -2.15. The van der Waals surface area contributed by atoms with Gasteiger partial charge in [-0.05, 0) is 31.2 Å². The van der Waals surface area contributed by atoms with E-state index in [9.17, 15) is 4.79 Å². The Hall–Kier alpha value is -2.64. The number of benzene rings is 1. The summed E-state index contributed by atoms with van der Waals surface area (Å²) >= 11 is 11.8. The SMILES string of the molecule is Cc1cc(NC(=O)c2ccnc(Nc3ccc(Cl)c(Cl)c3)n2)no1. The molecule has 0 saturated heterocycles. The molecule has 2 N–H and O–H groups in total. The Bertz CT molecular complexity index is 897. The Morgan fingerprint density at radius 2 is 2.00 bits per heavy atom. The standard InChI is InChI=1S/C15H11Cl2N5O2/c1-8-6-13(22-24-8)21-14(23)12-4-5-18-15(20-12)19-9-2-3-10(16)11(17)7-9/h2-7H,1H3,(H,18,19,20)(H,21,22,23). The number of nitrogens with one attached hydrogen (secondary N) is 2. The minimum atomic E-state index is -0.428. The van der Waals surface area contributed by atoms with E-state index in [0.29, 0.717) is 27.3 Å². The van der Waals surface area contributed by atoms with Gasteiger partial charge in [0.2, 0.25) is 5.95 Å². The number of nitrogens with zero attached hydrogens (tertiary/aromatic N) is 3. The first-order valence-corrected chi connectivity index (χ1v) is 7.56. The quantitative estimate of drug-likeness (QED) is 0.725. The van der Waals surface area contributed by atoms with Crippen molar-refractivity contribution in [2.45, 2.75) is 6.92 Å². The van der Waals surface area contributed by atoms with Gasteiger partial charge >= 0.3 is 0 Å².